The first kappa shape index (κ1) is 26.6. The van der Waals surface area contributed by atoms with E-state index in [1.54, 1.807) is 25.1 Å². The molecule has 10 heteroatoms. The number of nitrogens with one attached hydrogen (secondary N) is 1. The molecule has 1 N–H and O–H groups in total. The van der Waals surface area contributed by atoms with E-state index < -0.39 is 23.9 Å². The van der Waals surface area contributed by atoms with Gasteiger partial charge in [-0.2, -0.15) is 0 Å². The van der Waals surface area contributed by atoms with Crippen molar-refractivity contribution in [3.8, 4) is 0 Å². The molecule has 8 nitrogen and oxygen atoms in total. The Morgan fingerprint density at radius 1 is 1.22 bits per heavy atom. The van der Waals surface area contributed by atoms with Crippen molar-refractivity contribution in [2.24, 2.45) is 0 Å². The first-order valence-corrected chi connectivity index (χ1v) is 13.2. The Kier molecular flexibility index (Phi) is 8.73. The van der Waals surface area contributed by atoms with Gasteiger partial charge in [-0.15, -0.1) is 17.9 Å². The topological polar surface area (TPSA) is 82.2 Å². The maximum absolute atomic E-state index is 14.1. The number of carbonyl (C=O) groups excluding carboxylic acids is 3. The molecule has 1 aromatic heterocycles. The summed E-state index contributed by atoms with van der Waals surface area (Å²) in [5.74, 6) is -1.02. The quantitative estimate of drug-likeness (QED) is 0.418. The molecule has 3 heterocycles. The van der Waals surface area contributed by atoms with Crippen molar-refractivity contribution < 1.29 is 23.5 Å². The summed E-state index contributed by atoms with van der Waals surface area (Å²) in [6.07, 6.45) is 2.34. The van der Waals surface area contributed by atoms with Gasteiger partial charge in [-0.25, -0.2) is 14.0 Å². The molecule has 196 valence electrons. The third-order valence-corrected chi connectivity index (χ3v) is 7.27. The van der Waals surface area contributed by atoms with Crippen LogP contribution in [-0.4, -0.2) is 78.5 Å². The predicted octanol–water partition coefficient (Wildman–Crippen LogP) is 3.80. The van der Waals surface area contributed by atoms with Crippen molar-refractivity contribution in [2.75, 3.05) is 45.9 Å². The zero-order chi connectivity index (χ0) is 26.4. The molecule has 0 bridgehead atoms. The fourth-order valence-electron chi connectivity index (χ4n) is 4.68. The maximum Gasteiger partial charge on any atom is 0.338 e. The molecule has 1 fully saturated rings. The lowest BCUT2D eigenvalue weighted by Crippen LogP contribution is -2.51. The Labute approximate surface area is 220 Å². The van der Waals surface area contributed by atoms with Gasteiger partial charge in [0.15, 0.2) is 0 Å². The van der Waals surface area contributed by atoms with Crippen LogP contribution < -0.4 is 5.32 Å². The van der Waals surface area contributed by atoms with E-state index in [1.165, 1.54) is 28.4 Å². The summed E-state index contributed by atoms with van der Waals surface area (Å²) >= 11 is 1.42. The number of esters is 1. The fourth-order valence-corrected chi connectivity index (χ4v) is 5.37. The van der Waals surface area contributed by atoms with E-state index in [-0.39, 0.29) is 24.6 Å². The van der Waals surface area contributed by atoms with E-state index in [0.29, 0.717) is 48.9 Å². The van der Waals surface area contributed by atoms with Gasteiger partial charge in [-0.1, -0.05) is 24.3 Å². The molecule has 1 atom stereocenters. The summed E-state index contributed by atoms with van der Waals surface area (Å²) in [4.78, 5) is 45.5. The van der Waals surface area contributed by atoms with Crippen LogP contribution in [0.3, 0.4) is 0 Å². The Morgan fingerprint density at radius 2 is 2.05 bits per heavy atom. The van der Waals surface area contributed by atoms with E-state index >= 15 is 0 Å². The van der Waals surface area contributed by atoms with E-state index in [1.807, 2.05) is 22.4 Å². The molecular formula is C27H31FN4O4S. The summed E-state index contributed by atoms with van der Waals surface area (Å²) in [5, 5.41) is 4.73. The minimum Gasteiger partial charge on any atom is -0.463 e. The lowest BCUT2D eigenvalue weighted by Gasteiger charge is -2.38. The second-order valence-corrected chi connectivity index (χ2v) is 9.76. The van der Waals surface area contributed by atoms with Crippen LogP contribution in [0.5, 0.6) is 0 Å². The second-order valence-electron chi connectivity index (χ2n) is 8.82. The summed E-state index contributed by atoms with van der Waals surface area (Å²) < 4.78 is 19.5. The molecule has 4 rings (SSSR count). The van der Waals surface area contributed by atoms with Crippen LogP contribution in [-0.2, 0) is 9.53 Å². The van der Waals surface area contributed by atoms with E-state index in [0.717, 1.165) is 6.42 Å². The Balaban J connectivity index is 1.66. The summed E-state index contributed by atoms with van der Waals surface area (Å²) in [5.41, 5.74) is 1.22. The van der Waals surface area contributed by atoms with Gasteiger partial charge in [0, 0.05) is 45.0 Å². The van der Waals surface area contributed by atoms with Crippen LogP contribution in [0.25, 0.3) is 0 Å². The number of rotatable bonds is 8. The average Bonchev–Trinajstić information content (AvgIpc) is 3.32. The van der Waals surface area contributed by atoms with Crippen molar-refractivity contribution in [3.63, 3.8) is 0 Å². The van der Waals surface area contributed by atoms with Crippen molar-refractivity contribution in [2.45, 2.75) is 19.4 Å². The van der Waals surface area contributed by atoms with E-state index in [2.05, 4.69) is 16.8 Å². The number of carbonyl (C=O) groups is 3. The van der Waals surface area contributed by atoms with Crippen LogP contribution in [0.1, 0.15) is 34.6 Å². The molecule has 2 aliphatic heterocycles. The van der Waals surface area contributed by atoms with Gasteiger partial charge in [-0.05, 0) is 42.5 Å². The third-order valence-electron chi connectivity index (χ3n) is 6.41. The van der Waals surface area contributed by atoms with Crippen molar-refractivity contribution in [3.05, 3.63) is 82.0 Å². The molecule has 2 aromatic rings. The lowest BCUT2D eigenvalue weighted by atomic mass is 9.94. The fraction of sp³-hybridized carbons (Fsp3) is 0.370. The SMILES string of the molecule is C=CCN1C(=O)NC(c2cccc(F)c2)C(C(=O)OCC)=C1CN1CCCN(C(=O)c2cccs2)CC1. The molecule has 3 amide bonds. The Bertz CT molecular complexity index is 1180. The normalized spacial score (nSPS) is 18.9. The number of amides is 3. The molecule has 1 unspecified atom stereocenters. The number of halogens is 1. The highest BCUT2D eigenvalue weighted by Crippen LogP contribution is 2.32. The van der Waals surface area contributed by atoms with Gasteiger partial charge < -0.3 is 15.0 Å². The van der Waals surface area contributed by atoms with Gasteiger partial charge in [0.05, 0.1) is 23.1 Å². The number of benzene rings is 1. The van der Waals surface area contributed by atoms with Crippen LogP contribution in [0.15, 0.2) is 65.7 Å². The number of urea groups is 1. The minimum atomic E-state index is -0.859. The number of hydrogen-bond acceptors (Lipinski definition) is 6. The van der Waals surface area contributed by atoms with Gasteiger partial charge in [0.2, 0.25) is 0 Å². The standard InChI is InChI=1S/C27H31FN4O4S/c1-3-11-32-21(18-30-12-7-13-31(15-14-30)25(33)22-10-6-16-37-22)23(26(34)36-4-2)24(29-27(32)35)19-8-5-9-20(28)17-19/h3,5-6,8-10,16-17,24H,1,4,7,11-15,18H2,2H3,(H,29,35). The smallest absolute Gasteiger partial charge is 0.338 e. The lowest BCUT2D eigenvalue weighted by molar-refractivity contribution is -0.139. The maximum atomic E-state index is 14.1. The minimum absolute atomic E-state index is 0.0137. The zero-order valence-electron chi connectivity index (χ0n) is 20.8. The molecule has 37 heavy (non-hydrogen) atoms. The highest BCUT2D eigenvalue weighted by molar-refractivity contribution is 7.12. The molecule has 0 spiro atoms. The molecule has 2 aliphatic rings. The van der Waals surface area contributed by atoms with Gasteiger partial charge >= 0.3 is 12.0 Å². The second kappa shape index (κ2) is 12.2. The number of hydrogen-bond donors (Lipinski definition) is 1. The molecule has 0 radical (unpaired) electrons. The first-order valence-electron chi connectivity index (χ1n) is 12.3. The summed E-state index contributed by atoms with van der Waals surface area (Å²) in [6, 6.07) is 8.27. The molecule has 0 aliphatic carbocycles. The summed E-state index contributed by atoms with van der Waals surface area (Å²) in [6.45, 7) is 8.53. The molecule has 1 aromatic carbocycles. The molecule has 1 saturated heterocycles. The molecule has 0 saturated carbocycles. The molecular weight excluding hydrogens is 495 g/mol. The monoisotopic (exact) mass is 526 g/mol. The van der Waals surface area contributed by atoms with Crippen molar-refractivity contribution in [1.29, 1.82) is 0 Å². The van der Waals surface area contributed by atoms with Crippen LogP contribution in [0, 0.1) is 5.82 Å². The zero-order valence-corrected chi connectivity index (χ0v) is 21.6. The summed E-state index contributed by atoms with van der Waals surface area (Å²) in [7, 11) is 0. The van der Waals surface area contributed by atoms with Gasteiger partial charge in [0.1, 0.15) is 5.82 Å². The first-order chi connectivity index (χ1) is 17.9. The van der Waals surface area contributed by atoms with Crippen LogP contribution >= 0.6 is 11.3 Å². The number of nitrogens with zero attached hydrogens (tertiary/aromatic N) is 3. The third kappa shape index (κ3) is 6.08. The van der Waals surface area contributed by atoms with Crippen LogP contribution in [0.4, 0.5) is 9.18 Å². The number of ether oxygens (including phenoxy) is 1. The van der Waals surface area contributed by atoms with Gasteiger partial charge in [0.25, 0.3) is 5.91 Å². The Morgan fingerprint density at radius 3 is 2.76 bits per heavy atom. The number of thiophene rings is 1. The average molecular weight is 527 g/mol. The van der Waals surface area contributed by atoms with Gasteiger partial charge in [-0.3, -0.25) is 14.6 Å². The van der Waals surface area contributed by atoms with Crippen molar-refractivity contribution >= 4 is 29.2 Å². The van der Waals surface area contributed by atoms with Crippen LogP contribution in [0.2, 0.25) is 0 Å². The van der Waals surface area contributed by atoms with E-state index in [9.17, 15) is 18.8 Å². The Hall–Kier alpha value is -3.50. The highest BCUT2D eigenvalue weighted by atomic mass is 32.1. The van der Waals surface area contributed by atoms with E-state index in [4.69, 9.17) is 4.74 Å². The predicted molar refractivity (Wildman–Crippen MR) is 140 cm³/mol. The largest absolute Gasteiger partial charge is 0.463 e. The van der Waals surface area contributed by atoms with Crippen molar-refractivity contribution in [1.82, 2.24) is 20.0 Å². The highest BCUT2D eigenvalue weighted by Gasteiger charge is 2.38.